The molecule has 0 aromatic heterocycles. The van der Waals surface area contributed by atoms with Crippen LogP contribution in [0.3, 0.4) is 0 Å². The van der Waals surface area contributed by atoms with Crippen LogP contribution in [-0.4, -0.2) is 25.7 Å². The van der Waals surface area contributed by atoms with Gasteiger partial charge in [-0.25, -0.2) is 0 Å². The van der Waals surface area contributed by atoms with Crippen LogP contribution in [0.4, 0.5) is 0 Å². The molecule has 2 unspecified atom stereocenters. The van der Waals surface area contributed by atoms with Crippen molar-refractivity contribution in [3.05, 3.63) is 71.8 Å². The topological polar surface area (TPSA) is 64.3 Å². The van der Waals surface area contributed by atoms with Crippen LogP contribution in [0.25, 0.3) is 0 Å². The molecule has 26 heavy (non-hydrogen) atoms. The zero-order valence-corrected chi connectivity index (χ0v) is 15.4. The van der Waals surface area contributed by atoms with Crippen LogP contribution in [0, 0.1) is 5.92 Å². The predicted octanol–water partition coefficient (Wildman–Crippen LogP) is 3.19. The first-order valence-electron chi connectivity index (χ1n) is 9.34. The number of amides is 1. The van der Waals surface area contributed by atoms with E-state index in [1.807, 2.05) is 43.3 Å². The van der Waals surface area contributed by atoms with Gasteiger partial charge in [0.25, 0.3) is 0 Å². The van der Waals surface area contributed by atoms with E-state index >= 15 is 0 Å². The lowest BCUT2D eigenvalue weighted by molar-refractivity contribution is -0.125. The first-order chi connectivity index (χ1) is 12.6. The monoisotopic (exact) mass is 352 g/mol. The predicted molar refractivity (Wildman–Crippen MR) is 104 cm³/mol. The van der Waals surface area contributed by atoms with Gasteiger partial charge in [-0.05, 0) is 24.0 Å². The molecule has 0 aliphatic carbocycles. The summed E-state index contributed by atoms with van der Waals surface area (Å²) in [5.74, 6) is -0.284. The molecular formula is C22H28N2O2. The van der Waals surface area contributed by atoms with E-state index in [2.05, 4.69) is 29.6 Å². The molecule has 0 radical (unpaired) electrons. The summed E-state index contributed by atoms with van der Waals surface area (Å²) >= 11 is 0. The van der Waals surface area contributed by atoms with Gasteiger partial charge < -0.3 is 15.8 Å². The van der Waals surface area contributed by atoms with Crippen molar-refractivity contribution in [2.45, 2.75) is 31.2 Å². The van der Waals surface area contributed by atoms with Crippen molar-refractivity contribution in [1.82, 2.24) is 5.32 Å². The number of ether oxygens (including phenoxy) is 1. The normalized spacial score (nSPS) is 18.7. The SMILES string of the molecule is CC(C(=O)NCC1(c2ccccc2)CCOCC1)C(N)c1ccccc1. The smallest absolute Gasteiger partial charge is 0.224 e. The summed E-state index contributed by atoms with van der Waals surface area (Å²) in [6.45, 7) is 3.96. The minimum atomic E-state index is -0.307. The molecule has 1 fully saturated rings. The lowest BCUT2D eigenvalue weighted by atomic mass is 9.74. The summed E-state index contributed by atoms with van der Waals surface area (Å²) in [5.41, 5.74) is 8.50. The number of hydrogen-bond acceptors (Lipinski definition) is 3. The zero-order chi connectivity index (χ0) is 18.4. The maximum atomic E-state index is 12.8. The van der Waals surface area contributed by atoms with Gasteiger partial charge in [-0.15, -0.1) is 0 Å². The molecule has 1 aliphatic heterocycles. The number of nitrogens with one attached hydrogen (secondary N) is 1. The van der Waals surface area contributed by atoms with Gasteiger partial charge in [0.1, 0.15) is 0 Å². The molecule has 138 valence electrons. The Labute approximate surface area is 155 Å². The Hall–Kier alpha value is -2.17. The number of benzene rings is 2. The third-order valence-corrected chi connectivity index (χ3v) is 5.57. The van der Waals surface area contributed by atoms with Crippen molar-refractivity contribution in [1.29, 1.82) is 0 Å². The fourth-order valence-corrected chi connectivity index (χ4v) is 3.67. The first-order valence-corrected chi connectivity index (χ1v) is 9.34. The van der Waals surface area contributed by atoms with E-state index in [0.29, 0.717) is 6.54 Å². The van der Waals surface area contributed by atoms with E-state index in [9.17, 15) is 4.79 Å². The average Bonchev–Trinajstić information content (AvgIpc) is 2.73. The van der Waals surface area contributed by atoms with Crippen LogP contribution >= 0.6 is 0 Å². The standard InChI is InChI=1S/C22H28N2O2/c1-17(20(23)18-8-4-2-5-9-18)21(25)24-16-22(12-14-26-15-13-22)19-10-6-3-7-11-19/h2-11,17,20H,12-16,23H2,1H3,(H,24,25). The van der Waals surface area contributed by atoms with Crippen molar-refractivity contribution in [3.63, 3.8) is 0 Å². The van der Waals surface area contributed by atoms with Gasteiger partial charge in [-0.3, -0.25) is 4.79 Å². The third-order valence-electron chi connectivity index (χ3n) is 5.57. The summed E-state index contributed by atoms with van der Waals surface area (Å²) in [4.78, 5) is 12.8. The van der Waals surface area contributed by atoms with Crippen LogP contribution in [0.5, 0.6) is 0 Å². The highest BCUT2D eigenvalue weighted by Gasteiger charge is 2.35. The summed E-state index contributed by atoms with van der Waals surface area (Å²) in [6, 6.07) is 19.9. The Morgan fingerprint density at radius 3 is 2.27 bits per heavy atom. The molecule has 4 nitrogen and oxygen atoms in total. The average molecular weight is 352 g/mol. The van der Waals surface area contributed by atoms with Gasteiger partial charge in [0.15, 0.2) is 0 Å². The van der Waals surface area contributed by atoms with Gasteiger partial charge in [-0.2, -0.15) is 0 Å². The number of carbonyl (C=O) groups excluding carboxylic acids is 1. The molecule has 4 heteroatoms. The molecule has 0 bridgehead atoms. The summed E-state index contributed by atoms with van der Waals surface area (Å²) < 4.78 is 5.56. The molecule has 1 aliphatic rings. The highest BCUT2D eigenvalue weighted by Crippen LogP contribution is 2.34. The van der Waals surface area contributed by atoms with Gasteiger partial charge in [0.05, 0.1) is 5.92 Å². The van der Waals surface area contributed by atoms with E-state index in [1.165, 1.54) is 5.56 Å². The molecule has 2 atom stereocenters. The second kappa shape index (κ2) is 8.47. The number of hydrogen-bond donors (Lipinski definition) is 2. The van der Waals surface area contributed by atoms with Gasteiger partial charge in [-0.1, -0.05) is 67.6 Å². The molecule has 1 amide bonds. The number of nitrogens with two attached hydrogens (primary N) is 1. The fraction of sp³-hybridized carbons (Fsp3) is 0.409. The lowest BCUT2D eigenvalue weighted by Gasteiger charge is -2.38. The second-order valence-corrected chi connectivity index (χ2v) is 7.20. The minimum absolute atomic E-state index is 0.00292. The van der Waals surface area contributed by atoms with Crippen LogP contribution < -0.4 is 11.1 Å². The molecule has 1 saturated heterocycles. The Balaban J connectivity index is 1.68. The van der Waals surface area contributed by atoms with Crippen LogP contribution in [0.15, 0.2) is 60.7 Å². The van der Waals surface area contributed by atoms with Crippen LogP contribution in [-0.2, 0) is 14.9 Å². The fourth-order valence-electron chi connectivity index (χ4n) is 3.67. The Morgan fingerprint density at radius 1 is 1.08 bits per heavy atom. The second-order valence-electron chi connectivity index (χ2n) is 7.20. The van der Waals surface area contributed by atoms with Crippen molar-refractivity contribution in [3.8, 4) is 0 Å². The molecular weight excluding hydrogens is 324 g/mol. The van der Waals surface area contributed by atoms with E-state index in [1.54, 1.807) is 0 Å². The largest absolute Gasteiger partial charge is 0.381 e. The maximum Gasteiger partial charge on any atom is 0.224 e. The van der Waals surface area contributed by atoms with E-state index in [0.717, 1.165) is 31.6 Å². The van der Waals surface area contributed by atoms with Crippen LogP contribution in [0.2, 0.25) is 0 Å². The molecule has 2 aromatic carbocycles. The van der Waals surface area contributed by atoms with Crippen LogP contribution in [0.1, 0.15) is 36.9 Å². The highest BCUT2D eigenvalue weighted by molar-refractivity contribution is 5.79. The minimum Gasteiger partial charge on any atom is -0.381 e. The zero-order valence-electron chi connectivity index (χ0n) is 15.4. The van der Waals surface area contributed by atoms with Crippen molar-refractivity contribution in [2.75, 3.05) is 19.8 Å². The maximum absolute atomic E-state index is 12.8. The molecule has 3 N–H and O–H groups in total. The molecule has 2 aromatic rings. The Bertz CT molecular complexity index is 697. The quantitative estimate of drug-likeness (QED) is 0.839. The van der Waals surface area contributed by atoms with Gasteiger partial charge in [0.2, 0.25) is 5.91 Å². The number of rotatable bonds is 6. The van der Waals surface area contributed by atoms with E-state index < -0.39 is 0 Å². The lowest BCUT2D eigenvalue weighted by Crippen LogP contribution is -2.46. The molecule has 1 heterocycles. The van der Waals surface area contributed by atoms with Gasteiger partial charge in [0, 0.05) is 31.2 Å². The highest BCUT2D eigenvalue weighted by atomic mass is 16.5. The summed E-state index contributed by atoms with van der Waals surface area (Å²) in [7, 11) is 0. The summed E-state index contributed by atoms with van der Waals surface area (Å²) in [6.07, 6.45) is 1.83. The van der Waals surface area contributed by atoms with E-state index in [4.69, 9.17) is 10.5 Å². The molecule has 0 spiro atoms. The Morgan fingerprint density at radius 2 is 1.65 bits per heavy atom. The van der Waals surface area contributed by atoms with Gasteiger partial charge >= 0.3 is 0 Å². The van der Waals surface area contributed by atoms with Crippen molar-refractivity contribution < 1.29 is 9.53 Å². The Kier molecular flexibility index (Phi) is 6.07. The molecule has 3 rings (SSSR count). The first kappa shape index (κ1) is 18.6. The van der Waals surface area contributed by atoms with Crippen molar-refractivity contribution >= 4 is 5.91 Å². The van der Waals surface area contributed by atoms with E-state index in [-0.39, 0.29) is 23.3 Å². The third kappa shape index (κ3) is 4.14. The number of carbonyl (C=O) groups is 1. The summed E-state index contributed by atoms with van der Waals surface area (Å²) in [5, 5.41) is 3.17. The molecule has 0 saturated carbocycles. The van der Waals surface area contributed by atoms with Crippen molar-refractivity contribution in [2.24, 2.45) is 11.7 Å².